The summed E-state index contributed by atoms with van der Waals surface area (Å²) in [4.78, 5) is 22.0. The van der Waals surface area contributed by atoms with E-state index < -0.39 is 29.6 Å². The second-order valence-electron chi connectivity index (χ2n) is 3.58. The Kier molecular flexibility index (Phi) is 5.21. The van der Waals surface area contributed by atoms with Crippen molar-refractivity contribution in [2.24, 2.45) is 0 Å². The SMILES string of the molecule is O=C(O)N[C@@H](Cc1cc(F)cc(F)c1)C(=O)CBr. The third kappa shape index (κ3) is 4.40. The molecular formula is C11H10BrF2NO3. The topological polar surface area (TPSA) is 66.4 Å². The van der Waals surface area contributed by atoms with Gasteiger partial charge >= 0.3 is 6.09 Å². The fraction of sp³-hybridized carbons (Fsp3) is 0.273. The predicted octanol–water partition coefficient (Wildman–Crippen LogP) is 2.11. The van der Waals surface area contributed by atoms with Crippen LogP contribution in [-0.2, 0) is 11.2 Å². The lowest BCUT2D eigenvalue weighted by Gasteiger charge is -2.14. The maximum absolute atomic E-state index is 13.0. The van der Waals surface area contributed by atoms with Crippen molar-refractivity contribution in [3.63, 3.8) is 0 Å². The lowest BCUT2D eigenvalue weighted by Crippen LogP contribution is -2.42. The van der Waals surface area contributed by atoms with Gasteiger partial charge in [0, 0.05) is 12.5 Å². The van der Waals surface area contributed by atoms with Gasteiger partial charge in [-0.15, -0.1) is 0 Å². The molecule has 1 atom stereocenters. The molecule has 0 saturated heterocycles. The Balaban J connectivity index is 2.88. The summed E-state index contributed by atoms with van der Waals surface area (Å²) in [7, 11) is 0. The van der Waals surface area contributed by atoms with Crippen LogP contribution < -0.4 is 5.32 Å². The number of ketones is 1. The van der Waals surface area contributed by atoms with Gasteiger partial charge < -0.3 is 10.4 Å². The molecule has 7 heteroatoms. The van der Waals surface area contributed by atoms with Crippen LogP contribution in [0.2, 0.25) is 0 Å². The van der Waals surface area contributed by atoms with Crippen molar-refractivity contribution >= 4 is 27.8 Å². The molecule has 0 unspecified atom stereocenters. The highest BCUT2D eigenvalue weighted by molar-refractivity contribution is 9.09. The Morgan fingerprint density at radius 3 is 2.28 bits per heavy atom. The standard InChI is InChI=1S/C11H10BrF2NO3/c12-5-10(16)9(15-11(17)18)3-6-1-7(13)4-8(14)2-6/h1-2,4,9,15H,3,5H2,(H,17,18)/t9-/m0/s1. The van der Waals surface area contributed by atoms with E-state index in [4.69, 9.17) is 5.11 Å². The van der Waals surface area contributed by atoms with E-state index in [0.29, 0.717) is 6.07 Å². The molecule has 0 aliphatic carbocycles. The lowest BCUT2D eigenvalue weighted by molar-refractivity contribution is -0.118. The summed E-state index contributed by atoms with van der Waals surface area (Å²) >= 11 is 2.92. The van der Waals surface area contributed by atoms with Crippen molar-refractivity contribution in [1.29, 1.82) is 0 Å². The molecule has 2 N–H and O–H groups in total. The van der Waals surface area contributed by atoms with E-state index in [1.54, 1.807) is 0 Å². The van der Waals surface area contributed by atoms with Crippen molar-refractivity contribution in [3.8, 4) is 0 Å². The van der Waals surface area contributed by atoms with Gasteiger partial charge in [-0.2, -0.15) is 0 Å². The first-order valence-electron chi connectivity index (χ1n) is 4.95. The van der Waals surface area contributed by atoms with Crippen molar-refractivity contribution in [2.75, 3.05) is 5.33 Å². The largest absolute Gasteiger partial charge is 0.465 e. The van der Waals surface area contributed by atoms with Crippen LogP contribution in [0, 0.1) is 11.6 Å². The number of carboxylic acid groups (broad SMARTS) is 1. The number of hydrogen-bond donors (Lipinski definition) is 2. The molecule has 0 saturated carbocycles. The van der Waals surface area contributed by atoms with Gasteiger partial charge in [-0.3, -0.25) is 4.79 Å². The first kappa shape index (κ1) is 14.6. The summed E-state index contributed by atoms with van der Waals surface area (Å²) in [5.41, 5.74) is 0.209. The van der Waals surface area contributed by atoms with Gasteiger partial charge in [0.15, 0.2) is 5.78 Å². The van der Waals surface area contributed by atoms with E-state index in [-0.39, 0.29) is 17.3 Å². The van der Waals surface area contributed by atoms with Gasteiger partial charge in [-0.05, 0) is 17.7 Å². The second-order valence-corrected chi connectivity index (χ2v) is 4.14. The average molecular weight is 322 g/mol. The van der Waals surface area contributed by atoms with Crippen molar-refractivity contribution in [3.05, 3.63) is 35.4 Å². The zero-order valence-electron chi connectivity index (χ0n) is 9.12. The summed E-state index contributed by atoms with van der Waals surface area (Å²) in [6.07, 6.45) is -1.48. The van der Waals surface area contributed by atoms with E-state index in [1.165, 1.54) is 0 Å². The van der Waals surface area contributed by atoms with Gasteiger partial charge in [0.1, 0.15) is 11.6 Å². The minimum atomic E-state index is -1.37. The lowest BCUT2D eigenvalue weighted by atomic mass is 10.0. The third-order valence-electron chi connectivity index (χ3n) is 2.18. The smallest absolute Gasteiger partial charge is 0.405 e. The molecule has 1 aromatic carbocycles. The van der Waals surface area contributed by atoms with Crippen LogP contribution in [0.25, 0.3) is 0 Å². The minimum Gasteiger partial charge on any atom is -0.465 e. The number of carbonyl (C=O) groups excluding carboxylic acids is 1. The van der Waals surface area contributed by atoms with E-state index >= 15 is 0 Å². The number of halogens is 3. The monoisotopic (exact) mass is 321 g/mol. The van der Waals surface area contributed by atoms with Crippen LogP contribution in [0.5, 0.6) is 0 Å². The number of nitrogens with one attached hydrogen (secondary N) is 1. The van der Waals surface area contributed by atoms with Crippen molar-refractivity contribution in [1.82, 2.24) is 5.32 Å². The molecule has 0 fully saturated rings. The van der Waals surface area contributed by atoms with E-state index in [2.05, 4.69) is 15.9 Å². The van der Waals surface area contributed by atoms with Crippen LogP contribution in [-0.4, -0.2) is 28.4 Å². The van der Waals surface area contributed by atoms with Crippen molar-refractivity contribution < 1.29 is 23.5 Å². The number of Topliss-reactive ketones (excluding diaryl/α,β-unsaturated/α-hetero) is 1. The fourth-order valence-corrected chi connectivity index (χ4v) is 1.84. The Labute approximate surface area is 110 Å². The molecule has 0 aromatic heterocycles. The van der Waals surface area contributed by atoms with Gasteiger partial charge in [0.05, 0.1) is 11.4 Å². The van der Waals surface area contributed by atoms with Gasteiger partial charge in [-0.25, -0.2) is 13.6 Å². The highest BCUT2D eigenvalue weighted by Gasteiger charge is 2.20. The third-order valence-corrected chi connectivity index (χ3v) is 2.73. The molecule has 0 radical (unpaired) electrons. The molecule has 0 spiro atoms. The Hall–Kier alpha value is -1.50. The van der Waals surface area contributed by atoms with Gasteiger partial charge in [0.2, 0.25) is 0 Å². The quantitative estimate of drug-likeness (QED) is 0.816. The van der Waals surface area contributed by atoms with Gasteiger partial charge in [0.25, 0.3) is 0 Å². The molecule has 18 heavy (non-hydrogen) atoms. The average Bonchev–Trinajstić information content (AvgIpc) is 2.25. The van der Waals surface area contributed by atoms with E-state index in [9.17, 15) is 18.4 Å². The maximum atomic E-state index is 13.0. The van der Waals surface area contributed by atoms with E-state index in [1.807, 2.05) is 5.32 Å². The number of alkyl halides is 1. The highest BCUT2D eigenvalue weighted by Crippen LogP contribution is 2.11. The number of amides is 1. The number of carbonyl (C=O) groups is 2. The Morgan fingerprint density at radius 2 is 1.83 bits per heavy atom. The molecule has 1 amide bonds. The van der Waals surface area contributed by atoms with E-state index in [0.717, 1.165) is 12.1 Å². The number of hydrogen-bond acceptors (Lipinski definition) is 2. The molecule has 0 heterocycles. The molecular weight excluding hydrogens is 312 g/mol. The first-order chi connectivity index (χ1) is 8.42. The summed E-state index contributed by atoms with van der Waals surface area (Å²) in [5, 5.41) is 10.6. The molecule has 1 rings (SSSR count). The molecule has 4 nitrogen and oxygen atoms in total. The maximum Gasteiger partial charge on any atom is 0.405 e. The molecule has 0 aliphatic heterocycles. The van der Waals surface area contributed by atoms with Crippen LogP contribution in [0.1, 0.15) is 5.56 Å². The Bertz CT molecular complexity index is 447. The number of benzene rings is 1. The second kappa shape index (κ2) is 6.44. The predicted molar refractivity (Wildman–Crippen MR) is 63.8 cm³/mol. The molecule has 98 valence electrons. The first-order valence-corrected chi connectivity index (χ1v) is 6.07. The van der Waals surface area contributed by atoms with Crippen LogP contribution in [0.15, 0.2) is 18.2 Å². The highest BCUT2D eigenvalue weighted by atomic mass is 79.9. The van der Waals surface area contributed by atoms with Crippen LogP contribution >= 0.6 is 15.9 Å². The fourth-order valence-electron chi connectivity index (χ4n) is 1.45. The zero-order valence-corrected chi connectivity index (χ0v) is 10.7. The zero-order chi connectivity index (χ0) is 13.7. The Morgan fingerprint density at radius 1 is 1.28 bits per heavy atom. The molecule has 0 aliphatic rings. The van der Waals surface area contributed by atoms with Crippen LogP contribution in [0.3, 0.4) is 0 Å². The minimum absolute atomic E-state index is 0.0459. The summed E-state index contributed by atoms with van der Waals surface area (Å²) < 4.78 is 25.9. The van der Waals surface area contributed by atoms with Crippen molar-refractivity contribution in [2.45, 2.75) is 12.5 Å². The summed E-state index contributed by atoms with van der Waals surface area (Å²) in [6, 6.07) is 1.78. The summed E-state index contributed by atoms with van der Waals surface area (Å²) in [5.74, 6) is -1.96. The number of rotatable bonds is 5. The molecule has 0 bridgehead atoms. The van der Waals surface area contributed by atoms with Gasteiger partial charge in [-0.1, -0.05) is 15.9 Å². The molecule has 1 aromatic rings. The summed E-state index contributed by atoms with van der Waals surface area (Å²) in [6.45, 7) is 0. The normalized spacial score (nSPS) is 11.9. The van der Waals surface area contributed by atoms with Crippen LogP contribution in [0.4, 0.5) is 13.6 Å².